The van der Waals surface area contributed by atoms with Gasteiger partial charge in [0.25, 0.3) is 0 Å². The fourth-order valence-electron chi connectivity index (χ4n) is 2.27. The normalized spacial score (nSPS) is 10.9. The molecule has 1 N–H and O–H groups in total. The molecule has 0 aliphatic heterocycles. The van der Waals surface area contributed by atoms with E-state index in [0.29, 0.717) is 33.1 Å². The van der Waals surface area contributed by atoms with Crippen LogP contribution >= 0.6 is 34.8 Å². The van der Waals surface area contributed by atoms with Gasteiger partial charge < -0.3 is 5.32 Å². The summed E-state index contributed by atoms with van der Waals surface area (Å²) in [6, 6.07) is 7.02. The number of rotatable bonds is 5. The second-order valence-corrected chi connectivity index (χ2v) is 6.63. The first-order chi connectivity index (χ1) is 11.9. The maximum atomic E-state index is 12.1. The minimum Gasteiger partial charge on any atom is -0.308 e. The zero-order valence-corrected chi connectivity index (χ0v) is 15.5. The van der Waals surface area contributed by atoms with Crippen LogP contribution in [0.15, 0.2) is 36.7 Å². The van der Waals surface area contributed by atoms with Gasteiger partial charge in [-0.2, -0.15) is 10.2 Å². The minimum atomic E-state index is -0.250. The lowest BCUT2D eigenvalue weighted by molar-refractivity contribution is -0.116. The lowest BCUT2D eigenvalue weighted by Gasteiger charge is -2.07. The van der Waals surface area contributed by atoms with Crippen LogP contribution in [0.4, 0.5) is 5.82 Å². The molecule has 0 aliphatic carbocycles. The number of nitrogens with one attached hydrogen (secondary N) is 1. The number of aryl methyl sites for hydroxylation is 1. The molecule has 0 saturated heterocycles. The van der Waals surface area contributed by atoms with E-state index in [1.807, 2.05) is 0 Å². The molecule has 0 spiro atoms. The first kappa shape index (κ1) is 17.8. The van der Waals surface area contributed by atoms with Crippen molar-refractivity contribution in [1.82, 2.24) is 19.6 Å². The van der Waals surface area contributed by atoms with Gasteiger partial charge in [0.15, 0.2) is 5.82 Å². The van der Waals surface area contributed by atoms with Crippen molar-refractivity contribution in [3.8, 4) is 0 Å². The Hall–Kier alpha value is -2.02. The molecule has 9 heteroatoms. The molecular formula is C16H14Cl3N5O. The quantitative estimate of drug-likeness (QED) is 0.705. The monoisotopic (exact) mass is 397 g/mol. The summed E-state index contributed by atoms with van der Waals surface area (Å²) in [6.07, 6.45) is 3.35. The first-order valence-electron chi connectivity index (χ1n) is 7.38. The summed E-state index contributed by atoms with van der Waals surface area (Å²) in [5.74, 6) is 0.184. The third kappa shape index (κ3) is 4.34. The van der Waals surface area contributed by atoms with Gasteiger partial charge in [-0.25, -0.2) is 0 Å². The molecule has 2 aromatic heterocycles. The number of benzene rings is 1. The number of halogens is 3. The zero-order chi connectivity index (χ0) is 18.0. The van der Waals surface area contributed by atoms with E-state index in [0.717, 1.165) is 5.56 Å². The van der Waals surface area contributed by atoms with Gasteiger partial charge in [-0.3, -0.25) is 14.2 Å². The van der Waals surface area contributed by atoms with Gasteiger partial charge in [0.1, 0.15) is 6.54 Å². The molecule has 0 fully saturated rings. The van der Waals surface area contributed by atoms with Crippen LogP contribution in [-0.2, 0) is 17.9 Å². The Morgan fingerprint density at radius 2 is 1.80 bits per heavy atom. The molecule has 0 unspecified atom stereocenters. The van der Waals surface area contributed by atoms with E-state index in [-0.39, 0.29) is 12.5 Å². The third-order valence-corrected chi connectivity index (χ3v) is 4.56. The highest BCUT2D eigenvalue weighted by atomic mass is 35.5. The Kier molecular flexibility index (Phi) is 5.32. The molecule has 130 valence electrons. The van der Waals surface area contributed by atoms with Crippen molar-refractivity contribution in [2.75, 3.05) is 5.32 Å². The van der Waals surface area contributed by atoms with Crippen LogP contribution < -0.4 is 5.32 Å². The minimum absolute atomic E-state index is 0.0523. The number of hydrogen-bond donors (Lipinski definition) is 1. The fourth-order valence-corrected chi connectivity index (χ4v) is 2.93. The maximum Gasteiger partial charge on any atom is 0.247 e. The van der Waals surface area contributed by atoms with Gasteiger partial charge in [0.2, 0.25) is 5.91 Å². The molecule has 0 atom stereocenters. The Bertz CT molecular complexity index is 879. The second-order valence-electron chi connectivity index (χ2n) is 5.41. The zero-order valence-electron chi connectivity index (χ0n) is 13.2. The predicted molar refractivity (Wildman–Crippen MR) is 98.4 cm³/mol. The van der Waals surface area contributed by atoms with Gasteiger partial charge in [-0.05, 0) is 19.1 Å². The Labute approximate surface area is 159 Å². The average molecular weight is 399 g/mol. The highest BCUT2D eigenvalue weighted by Gasteiger charge is 2.10. The summed E-state index contributed by atoms with van der Waals surface area (Å²) in [4.78, 5) is 12.1. The lowest BCUT2D eigenvalue weighted by atomic mass is 10.2. The van der Waals surface area contributed by atoms with Crippen LogP contribution in [0.25, 0.3) is 0 Å². The number of aromatic nitrogens is 4. The van der Waals surface area contributed by atoms with E-state index in [4.69, 9.17) is 34.8 Å². The van der Waals surface area contributed by atoms with Gasteiger partial charge >= 0.3 is 0 Å². The van der Waals surface area contributed by atoms with Gasteiger partial charge in [0, 0.05) is 34.1 Å². The number of nitrogens with zero attached hydrogens (tertiary/aromatic N) is 4. The fraction of sp³-hybridized carbons (Fsp3) is 0.188. The maximum absolute atomic E-state index is 12.1. The summed E-state index contributed by atoms with van der Waals surface area (Å²) in [5, 5.41) is 12.8. The predicted octanol–water partition coefficient (Wildman–Crippen LogP) is 4.04. The molecule has 0 radical (unpaired) electrons. The Morgan fingerprint density at radius 3 is 2.44 bits per heavy atom. The van der Waals surface area contributed by atoms with Crippen LogP contribution in [0.1, 0.15) is 11.3 Å². The summed E-state index contributed by atoms with van der Waals surface area (Å²) in [5.41, 5.74) is 1.45. The van der Waals surface area contributed by atoms with Crippen molar-refractivity contribution >= 4 is 46.5 Å². The molecule has 3 aromatic rings. The molecule has 1 amide bonds. The lowest BCUT2D eigenvalue weighted by Crippen LogP contribution is -2.19. The molecule has 0 aliphatic rings. The van der Waals surface area contributed by atoms with Crippen LogP contribution in [0.2, 0.25) is 15.1 Å². The Morgan fingerprint density at radius 1 is 1.08 bits per heavy atom. The number of hydrogen-bond acceptors (Lipinski definition) is 3. The second kappa shape index (κ2) is 7.47. The molecule has 1 aromatic carbocycles. The van der Waals surface area contributed by atoms with Crippen molar-refractivity contribution in [2.45, 2.75) is 20.0 Å². The van der Waals surface area contributed by atoms with Crippen molar-refractivity contribution in [1.29, 1.82) is 0 Å². The third-order valence-electron chi connectivity index (χ3n) is 3.48. The molecule has 6 nitrogen and oxygen atoms in total. The average Bonchev–Trinajstić information content (AvgIpc) is 3.10. The highest BCUT2D eigenvalue weighted by molar-refractivity contribution is 6.36. The summed E-state index contributed by atoms with van der Waals surface area (Å²) in [6.45, 7) is 2.23. The van der Waals surface area contributed by atoms with Crippen LogP contribution in [-0.4, -0.2) is 25.5 Å². The van der Waals surface area contributed by atoms with E-state index in [1.165, 1.54) is 4.68 Å². The number of carbonyl (C=O) groups is 1. The molecule has 0 bridgehead atoms. The summed E-state index contributed by atoms with van der Waals surface area (Å²) < 4.78 is 3.13. The van der Waals surface area contributed by atoms with E-state index in [2.05, 4.69) is 15.5 Å². The largest absolute Gasteiger partial charge is 0.308 e. The molecule has 0 saturated carbocycles. The number of amides is 1. The highest BCUT2D eigenvalue weighted by Crippen LogP contribution is 2.25. The topological polar surface area (TPSA) is 64.7 Å². The van der Waals surface area contributed by atoms with E-state index in [1.54, 1.807) is 48.3 Å². The summed E-state index contributed by atoms with van der Waals surface area (Å²) in [7, 11) is 0. The van der Waals surface area contributed by atoms with Crippen molar-refractivity contribution in [2.24, 2.45) is 0 Å². The van der Waals surface area contributed by atoms with E-state index < -0.39 is 0 Å². The van der Waals surface area contributed by atoms with Crippen LogP contribution in [0, 0.1) is 6.92 Å². The molecule has 2 heterocycles. The van der Waals surface area contributed by atoms with Gasteiger partial charge in [0.05, 0.1) is 17.3 Å². The molecule has 3 rings (SSSR count). The van der Waals surface area contributed by atoms with E-state index >= 15 is 0 Å². The molecule has 25 heavy (non-hydrogen) atoms. The van der Waals surface area contributed by atoms with E-state index in [9.17, 15) is 4.79 Å². The molecular weight excluding hydrogens is 385 g/mol. The number of carbonyl (C=O) groups excluding carboxylic acids is 1. The van der Waals surface area contributed by atoms with Crippen molar-refractivity contribution in [3.63, 3.8) is 0 Å². The van der Waals surface area contributed by atoms with Crippen LogP contribution in [0.5, 0.6) is 0 Å². The van der Waals surface area contributed by atoms with Crippen molar-refractivity contribution in [3.05, 3.63) is 63.0 Å². The smallest absolute Gasteiger partial charge is 0.247 e. The summed E-state index contributed by atoms with van der Waals surface area (Å²) >= 11 is 18.2. The first-order valence-corrected chi connectivity index (χ1v) is 8.51. The van der Waals surface area contributed by atoms with Crippen molar-refractivity contribution < 1.29 is 4.79 Å². The number of anilines is 1. The van der Waals surface area contributed by atoms with Crippen LogP contribution in [0.3, 0.4) is 0 Å². The van der Waals surface area contributed by atoms with Gasteiger partial charge in [-0.1, -0.05) is 40.9 Å². The SMILES string of the molecule is Cc1nn(CC(=O)Nc2ccn(Cc3c(Cl)cccc3Cl)n2)cc1Cl. The van der Waals surface area contributed by atoms with Gasteiger partial charge in [-0.15, -0.1) is 0 Å². The standard InChI is InChI=1S/C16H14Cl3N5O/c1-10-14(19)8-24(21-10)9-16(25)20-15-5-6-23(22-15)7-11-12(17)3-2-4-13(11)18/h2-6,8H,7,9H2,1H3,(H,20,22,25). The Balaban J connectivity index is 1.64.